The molecule has 2 aromatic carbocycles. The third-order valence-corrected chi connectivity index (χ3v) is 4.49. The first-order chi connectivity index (χ1) is 13.6. The number of benzene rings is 2. The molecular formula is C20H26N4O4. The van der Waals surface area contributed by atoms with E-state index in [2.05, 4.69) is 20.7 Å². The van der Waals surface area contributed by atoms with Crippen molar-refractivity contribution in [3.8, 4) is 17.2 Å². The Balaban J connectivity index is 1.43. The molecule has 1 atom stereocenters. The zero-order valence-electron chi connectivity index (χ0n) is 16.4. The van der Waals surface area contributed by atoms with Crippen LogP contribution in [-0.2, 0) is 6.42 Å². The van der Waals surface area contributed by atoms with Crippen molar-refractivity contribution in [3.63, 3.8) is 0 Å². The monoisotopic (exact) mass is 386 g/mol. The minimum absolute atomic E-state index is 0.175. The molecule has 0 bridgehead atoms. The third kappa shape index (κ3) is 4.71. The van der Waals surface area contributed by atoms with E-state index in [4.69, 9.17) is 14.2 Å². The van der Waals surface area contributed by atoms with Gasteiger partial charge in [0.25, 0.3) is 0 Å². The fourth-order valence-corrected chi connectivity index (χ4v) is 2.94. The predicted molar refractivity (Wildman–Crippen MR) is 106 cm³/mol. The minimum Gasteiger partial charge on any atom is -0.493 e. The molecule has 0 aliphatic rings. The van der Waals surface area contributed by atoms with Crippen LogP contribution in [0.4, 0.5) is 0 Å². The van der Waals surface area contributed by atoms with Crippen LogP contribution in [0.1, 0.15) is 11.1 Å². The fraction of sp³-hybridized carbons (Fsp3) is 0.400. The third-order valence-electron chi connectivity index (χ3n) is 4.49. The van der Waals surface area contributed by atoms with Gasteiger partial charge in [0, 0.05) is 6.54 Å². The molecule has 8 heteroatoms. The van der Waals surface area contributed by atoms with Crippen molar-refractivity contribution in [2.75, 3.05) is 33.9 Å². The summed E-state index contributed by atoms with van der Waals surface area (Å²) in [5, 5.41) is 24.2. The Morgan fingerprint density at radius 3 is 2.57 bits per heavy atom. The van der Waals surface area contributed by atoms with Crippen LogP contribution in [0.25, 0.3) is 11.0 Å². The first kappa shape index (κ1) is 19.9. The molecule has 0 aliphatic heterocycles. The standard InChI is InChI=1S/C20H26N4O4/c1-13-4-6-17(20-19(13)22-24-23-20)28-12-15(25)11-21-9-8-14-5-7-16(26-2)18(10-14)27-3/h4-7,10,15,21,25H,8-9,11-12H2,1-3H3,(H,22,23,24). The minimum atomic E-state index is -0.631. The van der Waals surface area contributed by atoms with Gasteiger partial charge in [-0.3, -0.25) is 0 Å². The van der Waals surface area contributed by atoms with Gasteiger partial charge in [-0.25, -0.2) is 0 Å². The first-order valence-electron chi connectivity index (χ1n) is 9.15. The number of methoxy groups -OCH3 is 2. The number of ether oxygens (including phenoxy) is 3. The average Bonchev–Trinajstić information content (AvgIpc) is 3.21. The average molecular weight is 386 g/mol. The number of H-pyrrole nitrogens is 1. The van der Waals surface area contributed by atoms with E-state index in [1.165, 1.54) is 0 Å². The molecule has 0 spiro atoms. The van der Waals surface area contributed by atoms with Crippen molar-refractivity contribution in [2.24, 2.45) is 0 Å². The van der Waals surface area contributed by atoms with Crippen LogP contribution < -0.4 is 19.5 Å². The number of aromatic amines is 1. The summed E-state index contributed by atoms with van der Waals surface area (Å²) in [6.07, 6.45) is 0.180. The van der Waals surface area contributed by atoms with Crippen LogP contribution in [-0.4, -0.2) is 60.5 Å². The van der Waals surface area contributed by atoms with E-state index in [1.807, 2.05) is 37.3 Å². The van der Waals surface area contributed by atoms with Gasteiger partial charge in [-0.1, -0.05) is 12.1 Å². The lowest BCUT2D eigenvalue weighted by Crippen LogP contribution is -2.32. The van der Waals surface area contributed by atoms with Gasteiger partial charge in [0.2, 0.25) is 0 Å². The number of aliphatic hydroxyl groups excluding tert-OH is 1. The van der Waals surface area contributed by atoms with Gasteiger partial charge in [-0.15, -0.1) is 0 Å². The second-order valence-electron chi connectivity index (χ2n) is 6.51. The molecule has 1 heterocycles. The summed E-state index contributed by atoms with van der Waals surface area (Å²) in [5.41, 5.74) is 3.60. The van der Waals surface area contributed by atoms with E-state index in [9.17, 15) is 5.11 Å². The lowest BCUT2D eigenvalue weighted by Gasteiger charge is -2.14. The fourth-order valence-electron chi connectivity index (χ4n) is 2.94. The lowest BCUT2D eigenvalue weighted by molar-refractivity contribution is 0.107. The lowest BCUT2D eigenvalue weighted by atomic mass is 10.1. The number of nitrogens with zero attached hydrogens (tertiary/aromatic N) is 2. The van der Waals surface area contributed by atoms with E-state index in [0.29, 0.717) is 29.3 Å². The van der Waals surface area contributed by atoms with Crippen LogP contribution in [0.3, 0.4) is 0 Å². The maximum Gasteiger partial charge on any atom is 0.160 e. The number of rotatable bonds is 10. The molecular weight excluding hydrogens is 360 g/mol. The van der Waals surface area contributed by atoms with E-state index >= 15 is 0 Å². The van der Waals surface area contributed by atoms with Crippen molar-refractivity contribution in [2.45, 2.75) is 19.4 Å². The maximum absolute atomic E-state index is 10.2. The molecule has 0 saturated heterocycles. The molecule has 3 aromatic rings. The van der Waals surface area contributed by atoms with Crippen LogP contribution >= 0.6 is 0 Å². The number of aryl methyl sites for hydroxylation is 1. The SMILES string of the molecule is COc1ccc(CCNCC(O)COc2ccc(C)c3n[nH]nc23)cc1OC. The van der Waals surface area contributed by atoms with Crippen molar-refractivity contribution in [1.82, 2.24) is 20.7 Å². The van der Waals surface area contributed by atoms with Crippen molar-refractivity contribution in [1.29, 1.82) is 0 Å². The molecule has 0 amide bonds. The molecule has 3 rings (SSSR count). The predicted octanol–water partition coefficient (Wildman–Crippen LogP) is 1.86. The number of aromatic nitrogens is 3. The molecule has 0 saturated carbocycles. The smallest absolute Gasteiger partial charge is 0.160 e. The highest BCUT2D eigenvalue weighted by Crippen LogP contribution is 2.27. The largest absolute Gasteiger partial charge is 0.493 e. The van der Waals surface area contributed by atoms with Crippen molar-refractivity contribution in [3.05, 3.63) is 41.5 Å². The van der Waals surface area contributed by atoms with Crippen molar-refractivity contribution < 1.29 is 19.3 Å². The maximum atomic E-state index is 10.2. The van der Waals surface area contributed by atoms with Crippen LogP contribution in [0.15, 0.2) is 30.3 Å². The van der Waals surface area contributed by atoms with Crippen LogP contribution in [0.2, 0.25) is 0 Å². The topological polar surface area (TPSA) is 102 Å². The molecule has 0 radical (unpaired) electrons. The molecule has 1 unspecified atom stereocenters. The zero-order chi connectivity index (χ0) is 19.9. The Morgan fingerprint density at radius 1 is 1.04 bits per heavy atom. The second kappa shape index (κ2) is 9.38. The van der Waals surface area contributed by atoms with Gasteiger partial charge >= 0.3 is 0 Å². The first-order valence-corrected chi connectivity index (χ1v) is 9.15. The van der Waals surface area contributed by atoms with Gasteiger partial charge in [0.05, 0.1) is 14.2 Å². The normalized spacial score (nSPS) is 12.1. The number of nitrogens with one attached hydrogen (secondary N) is 2. The highest BCUT2D eigenvalue weighted by molar-refractivity contribution is 5.83. The number of aliphatic hydroxyl groups is 1. The van der Waals surface area contributed by atoms with E-state index in [1.54, 1.807) is 14.2 Å². The van der Waals surface area contributed by atoms with E-state index < -0.39 is 6.10 Å². The highest BCUT2D eigenvalue weighted by Gasteiger charge is 2.11. The number of hydrogen-bond acceptors (Lipinski definition) is 7. The molecule has 150 valence electrons. The Labute approximate surface area is 163 Å². The second-order valence-corrected chi connectivity index (χ2v) is 6.51. The number of hydrogen-bond donors (Lipinski definition) is 3. The highest BCUT2D eigenvalue weighted by atomic mass is 16.5. The number of fused-ring (bicyclic) bond motifs is 1. The van der Waals surface area contributed by atoms with Crippen LogP contribution in [0, 0.1) is 6.92 Å². The summed E-state index contributed by atoms with van der Waals surface area (Å²) in [5.74, 6) is 2.04. The van der Waals surface area contributed by atoms with Crippen molar-refractivity contribution >= 4 is 11.0 Å². The van der Waals surface area contributed by atoms with Crippen LogP contribution in [0.5, 0.6) is 17.2 Å². The van der Waals surface area contributed by atoms with Gasteiger partial charge < -0.3 is 24.6 Å². The van der Waals surface area contributed by atoms with E-state index in [0.717, 1.165) is 29.6 Å². The Morgan fingerprint density at radius 2 is 1.79 bits per heavy atom. The van der Waals surface area contributed by atoms with E-state index in [-0.39, 0.29) is 6.61 Å². The molecule has 8 nitrogen and oxygen atoms in total. The molecule has 0 fully saturated rings. The summed E-state index contributed by atoms with van der Waals surface area (Å²) in [6.45, 7) is 3.30. The van der Waals surface area contributed by atoms with Gasteiger partial charge in [-0.05, 0) is 49.2 Å². The summed E-state index contributed by atoms with van der Waals surface area (Å²) >= 11 is 0. The van der Waals surface area contributed by atoms with Gasteiger partial charge in [-0.2, -0.15) is 15.4 Å². The zero-order valence-corrected chi connectivity index (χ0v) is 16.4. The molecule has 3 N–H and O–H groups in total. The van der Waals surface area contributed by atoms with Gasteiger partial charge in [0.15, 0.2) is 17.0 Å². The Kier molecular flexibility index (Phi) is 6.67. The summed E-state index contributed by atoms with van der Waals surface area (Å²) < 4.78 is 16.3. The quantitative estimate of drug-likeness (QED) is 0.457. The summed E-state index contributed by atoms with van der Waals surface area (Å²) in [4.78, 5) is 0. The molecule has 0 aliphatic carbocycles. The summed E-state index contributed by atoms with van der Waals surface area (Å²) in [7, 11) is 3.24. The summed E-state index contributed by atoms with van der Waals surface area (Å²) in [6, 6.07) is 9.62. The Hall–Kier alpha value is -2.84. The Bertz CT molecular complexity index is 912. The van der Waals surface area contributed by atoms with Gasteiger partial charge in [0.1, 0.15) is 24.0 Å². The molecule has 1 aromatic heterocycles. The molecule has 28 heavy (non-hydrogen) atoms.